The molecule has 0 saturated carbocycles. The van der Waals surface area contributed by atoms with Gasteiger partial charge >= 0.3 is 0 Å². The van der Waals surface area contributed by atoms with Crippen LogP contribution in [0.2, 0.25) is 0 Å². The Hall–Kier alpha value is 0.230. The van der Waals surface area contributed by atoms with E-state index >= 15 is 0 Å². The Morgan fingerprint density at radius 1 is 1.60 bits per heavy atom. The number of hydrogen-bond acceptors (Lipinski definition) is 4. The SMILES string of the molecule is CC(C)OCC1NCCOC12CCSC2. The van der Waals surface area contributed by atoms with Gasteiger partial charge in [-0.15, -0.1) is 0 Å². The molecule has 0 bridgehead atoms. The van der Waals surface area contributed by atoms with E-state index in [4.69, 9.17) is 9.47 Å². The van der Waals surface area contributed by atoms with E-state index in [9.17, 15) is 0 Å². The minimum absolute atomic E-state index is 0.0534. The number of thioether (sulfide) groups is 1. The van der Waals surface area contributed by atoms with Gasteiger partial charge in [-0.2, -0.15) is 11.8 Å². The molecule has 3 nitrogen and oxygen atoms in total. The molecular formula is C11H21NO2S. The summed E-state index contributed by atoms with van der Waals surface area (Å²) in [4.78, 5) is 0. The molecule has 1 N–H and O–H groups in total. The van der Waals surface area contributed by atoms with Crippen molar-refractivity contribution in [2.45, 2.75) is 38.0 Å². The predicted octanol–water partition coefficient (Wildman–Crippen LogP) is 1.28. The summed E-state index contributed by atoms with van der Waals surface area (Å²) in [5, 5.41) is 3.54. The van der Waals surface area contributed by atoms with Crippen molar-refractivity contribution in [2.24, 2.45) is 0 Å². The summed E-state index contributed by atoms with van der Waals surface area (Å²) in [6.07, 6.45) is 1.47. The number of nitrogens with one attached hydrogen (secondary N) is 1. The quantitative estimate of drug-likeness (QED) is 0.792. The van der Waals surface area contributed by atoms with E-state index in [0.717, 1.165) is 31.9 Å². The molecule has 2 unspecified atom stereocenters. The molecule has 0 aromatic carbocycles. The Balaban J connectivity index is 1.93. The van der Waals surface area contributed by atoms with Crippen molar-refractivity contribution in [1.82, 2.24) is 5.32 Å². The third-order valence-corrected chi connectivity index (χ3v) is 4.32. The van der Waals surface area contributed by atoms with Gasteiger partial charge in [0, 0.05) is 12.3 Å². The number of morpholine rings is 1. The maximum Gasteiger partial charge on any atom is 0.0955 e. The van der Waals surface area contributed by atoms with Crippen LogP contribution in [0.4, 0.5) is 0 Å². The molecule has 4 heteroatoms. The van der Waals surface area contributed by atoms with Gasteiger partial charge in [-0.3, -0.25) is 0 Å². The zero-order valence-electron chi connectivity index (χ0n) is 9.62. The van der Waals surface area contributed by atoms with Gasteiger partial charge in [0.1, 0.15) is 0 Å². The normalized spacial score (nSPS) is 36.6. The molecule has 0 radical (unpaired) electrons. The van der Waals surface area contributed by atoms with E-state index in [1.807, 2.05) is 11.8 Å². The van der Waals surface area contributed by atoms with E-state index in [1.54, 1.807) is 0 Å². The molecule has 2 saturated heterocycles. The second kappa shape index (κ2) is 5.04. The van der Waals surface area contributed by atoms with Crippen molar-refractivity contribution < 1.29 is 9.47 Å². The summed E-state index contributed by atoms with van der Waals surface area (Å²) in [6, 6.07) is 0.378. The van der Waals surface area contributed by atoms with Crippen molar-refractivity contribution in [3.05, 3.63) is 0 Å². The lowest BCUT2D eigenvalue weighted by Gasteiger charge is -2.41. The fourth-order valence-corrected chi connectivity index (χ4v) is 3.63. The summed E-state index contributed by atoms with van der Waals surface area (Å²) in [5.41, 5.74) is 0.0534. The fourth-order valence-electron chi connectivity index (χ4n) is 2.22. The summed E-state index contributed by atoms with van der Waals surface area (Å²) < 4.78 is 11.7. The lowest BCUT2D eigenvalue weighted by Crippen LogP contribution is -2.60. The maximum atomic E-state index is 6.01. The van der Waals surface area contributed by atoms with E-state index in [2.05, 4.69) is 19.2 Å². The van der Waals surface area contributed by atoms with Gasteiger partial charge in [-0.25, -0.2) is 0 Å². The average molecular weight is 231 g/mol. The first-order valence-electron chi connectivity index (χ1n) is 5.80. The van der Waals surface area contributed by atoms with Gasteiger partial charge in [0.2, 0.25) is 0 Å². The lowest BCUT2D eigenvalue weighted by atomic mass is 9.92. The third-order valence-electron chi connectivity index (χ3n) is 3.13. The molecule has 2 aliphatic rings. The minimum atomic E-state index is 0.0534. The van der Waals surface area contributed by atoms with Crippen LogP contribution in [0.1, 0.15) is 20.3 Å². The Bertz CT molecular complexity index is 205. The van der Waals surface area contributed by atoms with Crippen LogP contribution in [0.3, 0.4) is 0 Å². The van der Waals surface area contributed by atoms with Gasteiger partial charge < -0.3 is 14.8 Å². The number of ether oxygens (including phenoxy) is 2. The van der Waals surface area contributed by atoms with Gasteiger partial charge in [0.05, 0.1) is 31.0 Å². The van der Waals surface area contributed by atoms with Crippen molar-refractivity contribution >= 4 is 11.8 Å². The lowest BCUT2D eigenvalue weighted by molar-refractivity contribution is -0.102. The van der Waals surface area contributed by atoms with Crippen LogP contribution < -0.4 is 5.32 Å². The smallest absolute Gasteiger partial charge is 0.0955 e. The largest absolute Gasteiger partial charge is 0.377 e. The highest BCUT2D eigenvalue weighted by atomic mass is 32.2. The van der Waals surface area contributed by atoms with Crippen molar-refractivity contribution in [2.75, 3.05) is 31.3 Å². The molecule has 2 fully saturated rings. The Kier molecular flexibility index (Phi) is 3.93. The molecule has 0 aromatic rings. The van der Waals surface area contributed by atoms with E-state index in [0.29, 0.717) is 12.1 Å². The Morgan fingerprint density at radius 2 is 2.47 bits per heavy atom. The monoisotopic (exact) mass is 231 g/mol. The van der Waals surface area contributed by atoms with Gasteiger partial charge in [0.15, 0.2) is 0 Å². The number of hydrogen-bond donors (Lipinski definition) is 1. The Morgan fingerprint density at radius 3 is 3.13 bits per heavy atom. The summed E-state index contributed by atoms with van der Waals surface area (Å²) in [7, 11) is 0. The highest BCUT2D eigenvalue weighted by Gasteiger charge is 2.44. The van der Waals surface area contributed by atoms with Gasteiger partial charge in [-0.1, -0.05) is 0 Å². The molecule has 2 aliphatic heterocycles. The second-order valence-electron chi connectivity index (χ2n) is 4.60. The predicted molar refractivity (Wildman–Crippen MR) is 63.5 cm³/mol. The highest BCUT2D eigenvalue weighted by Crippen LogP contribution is 2.35. The maximum absolute atomic E-state index is 6.01. The fraction of sp³-hybridized carbons (Fsp3) is 1.00. The summed E-state index contributed by atoms with van der Waals surface area (Å²) in [6.45, 7) is 6.75. The van der Waals surface area contributed by atoms with Crippen LogP contribution in [0.15, 0.2) is 0 Å². The molecule has 0 aliphatic carbocycles. The standard InChI is InChI=1S/C11H21NO2S/c1-9(2)13-7-10-11(3-6-15-8-11)14-5-4-12-10/h9-10,12H,3-8H2,1-2H3. The Labute approximate surface area is 96.3 Å². The van der Waals surface area contributed by atoms with E-state index in [-0.39, 0.29) is 5.60 Å². The molecular weight excluding hydrogens is 210 g/mol. The van der Waals surface area contributed by atoms with E-state index < -0.39 is 0 Å². The molecule has 1 spiro atoms. The molecule has 2 rings (SSSR count). The van der Waals surface area contributed by atoms with Crippen LogP contribution in [-0.2, 0) is 9.47 Å². The second-order valence-corrected chi connectivity index (χ2v) is 5.71. The van der Waals surface area contributed by atoms with Crippen LogP contribution in [0.25, 0.3) is 0 Å². The first-order chi connectivity index (χ1) is 7.23. The minimum Gasteiger partial charge on any atom is -0.377 e. The van der Waals surface area contributed by atoms with Crippen molar-refractivity contribution in [1.29, 1.82) is 0 Å². The van der Waals surface area contributed by atoms with Crippen LogP contribution in [0, 0.1) is 0 Å². The van der Waals surface area contributed by atoms with Gasteiger partial charge in [-0.05, 0) is 26.0 Å². The first-order valence-corrected chi connectivity index (χ1v) is 6.95. The van der Waals surface area contributed by atoms with E-state index in [1.165, 1.54) is 5.75 Å². The number of rotatable bonds is 3. The van der Waals surface area contributed by atoms with Crippen molar-refractivity contribution in [3.8, 4) is 0 Å². The molecule has 15 heavy (non-hydrogen) atoms. The summed E-state index contributed by atoms with van der Waals surface area (Å²) in [5.74, 6) is 2.34. The molecule has 2 atom stereocenters. The van der Waals surface area contributed by atoms with Crippen molar-refractivity contribution in [3.63, 3.8) is 0 Å². The zero-order chi connectivity index (χ0) is 10.7. The topological polar surface area (TPSA) is 30.5 Å². The molecule has 0 amide bonds. The zero-order valence-corrected chi connectivity index (χ0v) is 10.4. The third kappa shape index (κ3) is 2.67. The van der Waals surface area contributed by atoms with Gasteiger partial charge in [0.25, 0.3) is 0 Å². The average Bonchev–Trinajstić information content (AvgIpc) is 2.66. The molecule has 0 aromatic heterocycles. The van der Waals surface area contributed by atoms with Crippen LogP contribution in [-0.4, -0.2) is 49.0 Å². The van der Waals surface area contributed by atoms with Crippen LogP contribution in [0.5, 0.6) is 0 Å². The molecule has 88 valence electrons. The summed E-state index contributed by atoms with van der Waals surface area (Å²) >= 11 is 2.00. The first kappa shape index (κ1) is 11.7. The molecule has 2 heterocycles. The van der Waals surface area contributed by atoms with Crippen LogP contribution >= 0.6 is 11.8 Å². The highest BCUT2D eigenvalue weighted by molar-refractivity contribution is 7.99.